The van der Waals surface area contributed by atoms with Crippen LogP contribution in [0.1, 0.15) is 18.4 Å². The number of piperidine rings is 1. The Morgan fingerprint density at radius 1 is 1.38 bits per heavy atom. The monoisotopic (exact) mass is 222 g/mol. The number of benzene rings is 1. The summed E-state index contributed by atoms with van der Waals surface area (Å²) in [5.74, 6) is 0.581. The molecule has 1 atom stereocenters. The van der Waals surface area contributed by atoms with Crippen molar-refractivity contribution in [1.82, 2.24) is 10.6 Å². The first kappa shape index (κ1) is 11.6. The highest BCUT2D eigenvalue weighted by atomic mass is 19.1. The fourth-order valence-electron chi connectivity index (χ4n) is 2.15. The zero-order valence-electron chi connectivity index (χ0n) is 9.51. The molecule has 1 aromatic carbocycles. The first-order valence-corrected chi connectivity index (χ1v) is 6.01. The van der Waals surface area contributed by atoms with Crippen LogP contribution in [0.3, 0.4) is 0 Å². The van der Waals surface area contributed by atoms with Gasteiger partial charge in [0.1, 0.15) is 5.82 Å². The van der Waals surface area contributed by atoms with Crippen LogP contribution in [0.5, 0.6) is 0 Å². The SMILES string of the molecule is Fc1ccccc1CNCC1CCCNC1. The number of hydrogen-bond acceptors (Lipinski definition) is 2. The van der Waals surface area contributed by atoms with Gasteiger partial charge in [-0.3, -0.25) is 0 Å². The minimum absolute atomic E-state index is 0.114. The third kappa shape index (κ3) is 3.29. The fraction of sp³-hybridized carbons (Fsp3) is 0.538. The summed E-state index contributed by atoms with van der Waals surface area (Å²) in [4.78, 5) is 0. The lowest BCUT2D eigenvalue weighted by molar-refractivity contribution is 0.359. The Morgan fingerprint density at radius 2 is 2.25 bits per heavy atom. The summed E-state index contributed by atoms with van der Waals surface area (Å²) in [5.41, 5.74) is 0.756. The summed E-state index contributed by atoms with van der Waals surface area (Å²) in [5, 5.41) is 6.71. The van der Waals surface area contributed by atoms with Crippen LogP contribution in [0, 0.1) is 11.7 Å². The predicted molar refractivity (Wildman–Crippen MR) is 63.7 cm³/mol. The Hall–Kier alpha value is -0.930. The van der Waals surface area contributed by atoms with E-state index in [0.717, 1.165) is 25.2 Å². The Kier molecular flexibility index (Phi) is 4.31. The Balaban J connectivity index is 1.73. The van der Waals surface area contributed by atoms with E-state index in [2.05, 4.69) is 10.6 Å². The van der Waals surface area contributed by atoms with Crippen molar-refractivity contribution >= 4 is 0 Å². The Bertz CT molecular complexity index is 321. The van der Waals surface area contributed by atoms with Gasteiger partial charge >= 0.3 is 0 Å². The van der Waals surface area contributed by atoms with Gasteiger partial charge in [0.25, 0.3) is 0 Å². The Morgan fingerprint density at radius 3 is 3.00 bits per heavy atom. The van der Waals surface area contributed by atoms with E-state index in [-0.39, 0.29) is 5.82 Å². The molecule has 2 rings (SSSR count). The van der Waals surface area contributed by atoms with Gasteiger partial charge in [-0.1, -0.05) is 18.2 Å². The molecule has 1 saturated heterocycles. The van der Waals surface area contributed by atoms with E-state index in [1.54, 1.807) is 6.07 Å². The zero-order chi connectivity index (χ0) is 11.2. The first-order chi connectivity index (χ1) is 7.86. The molecule has 0 spiro atoms. The van der Waals surface area contributed by atoms with Crippen LogP contribution in [0.25, 0.3) is 0 Å². The molecule has 1 aliphatic rings. The van der Waals surface area contributed by atoms with E-state index in [4.69, 9.17) is 0 Å². The van der Waals surface area contributed by atoms with Crippen LogP contribution in [0.2, 0.25) is 0 Å². The topological polar surface area (TPSA) is 24.1 Å². The van der Waals surface area contributed by atoms with Crippen molar-refractivity contribution in [2.75, 3.05) is 19.6 Å². The number of nitrogens with one attached hydrogen (secondary N) is 2. The van der Waals surface area contributed by atoms with Gasteiger partial charge < -0.3 is 10.6 Å². The summed E-state index contributed by atoms with van der Waals surface area (Å²) in [6, 6.07) is 6.95. The van der Waals surface area contributed by atoms with Crippen LogP contribution in [-0.4, -0.2) is 19.6 Å². The van der Waals surface area contributed by atoms with Crippen LogP contribution < -0.4 is 10.6 Å². The summed E-state index contributed by atoms with van der Waals surface area (Å²) in [6.07, 6.45) is 2.53. The molecular weight excluding hydrogens is 203 g/mol. The second-order valence-corrected chi connectivity index (χ2v) is 4.43. The van der Waals surface area contributed by atoms with Crippen molar-refractivity contribution in [3.05, 3.63) is 35.6 Å². The molecule has 0 amide bonds. The molecule has 0 bridgehead atoms. The molecule has 16 heavy (non-hydrogen) atoms. The molecule has 0 radical (unpaired) electrons. The van der Waals surface area contributed by atoms with Gasteiger partial charge in [0.2, 0.25) is 0 Å². The molecule has 2 nitrogen and oxygen atoms in total. The molecule has 0 aromatic heterocycles. The molecule has 1 unspecified atom stereocenters. The van der Waals surface area contributed by atoms with Crippen molar-refractivity contribution in [3.63, 3.8) is 0 Å². The van der Waals surface area contributed by atoms with Crippen molar-refractivity contribution in [3.8, 4) is 0 Å². The highest BCUT2D eigenvalue weighted by Gasteiger charge is 2.12. The lowest BCUT2D eigenvalue weighted by Gasteiger charge is -2.23. The zero-order valence-corrected chi connectivity index (χ0v) is 9.51. The third-order valence-corrected chi connectivity index (χ3v) is 3.11. The maximum atomic E-state index is 13.3. The van der Waals surface area contributed by atoms with E-state index in [9.17, 15) is 4.39 Å². The first-order valence-electron chi connectivity index (χ1n) is 6.01. The summed E-state index contributed by atoms with van der Waals surface area (Å²) < 4.78 is 13.3. The van der Waals surface area contributed by atoms with Gasteiger partial charge in [-0.25, -0.2) is 4.39 Å². The standard InChI is InChI=1S/C13H19FN2/c14-13-6-2-1-5-12(13)10-16-9-11-4-3-7-15-8-11/h1-2,5-6,11,15-16H,3-4,7-10H2. The van der Waals surface area contributed by atoms with Crippen LogP contribution in [-0.2, 0) is 6.54 Å². The predicted octanol–water partition coefficient (Wildman–Crippen LogP) is 1.91. The second-order valence-electron chi connectivity index (χ2n) is 4.43. The van der Waals surface area contributed by atoms with Gasteiger partial charge in [-0.2, -0.15) is 0 Å². The molecule has 1 aromatic rings. The molecular formula is C13H19FN2. The molecule has 1 heterocycles. The molecule has 0 saturated carbocycles. The molecule has 1 aliphatic heterocycles. The van der Waals surface area contributed by atoms with Crippen LogP contribution >= 0.6 is 0 Å². The van der Waals surface area contributed by atoms with Gasteiger partial charge in [0.15, 0.2) is 0 Å². The number of halogens is 1. The van der Waals surface area contributed by atoms with Crippen molar-refractivity contribution in [2.45, 2.75) is 19.4 Å². The normalized spacial score (nSPS) is 20.9. The van der Waals surface area contributed by atoms with E-state index >= 15 is 0 Å². The molecule has 1 fully saturated rings. The molecule has 2 N–H and O–H groups in total. The highest BCUT2D eigenvalue weighted by Crippen LogP contribution is 2.09. The van der Waals surface area contributed by atoms with E-state index in [0.29, 0.717) is 12.5 Å². The van der Waals surface area contributed by atoms with E-state index in [1.807, 2.05) is 12.1 Å². The van der Waals surface area contributed by atoms with Crippen molar-refractivity contribution in [2.24, 2.45) is 5.92 Å². The molecule has 3 heteroatoms. The maximum Gasteiger partial charge on any atom is 0.127 e. The van der Waals surface area contributed by atoms with E-state index < -0.39 is 0 Å². The van der Waals surface area contributed by atoms with Gasteiger partial charge in [-0.05, 0) is 44.5 Å². The number of rotatable bonds is 4. The Labute approximate surface area is 96.2 Å². The lowest BCUT2D eigenvalue weighted by Crippen LogP contribution is -2.35. The average Bonchev–Trinajstić information content (AvgIpc) is 2.33. The van der Waals surface area contributed by atoms with E-state index in [1.165, 1.54) is 18.9 Å². The lowest BCUT2D eigenvalue weighted by atomic mass is 10.00. The van der Waals surface area contributed by atoms with Crippen LogP contribution in [0.4, 0.5) is 4.39 Å². The molecule has 88 valence electrons. The minimum atomic E-state index is -0.114. The third-order valence-electron chi connectivity index (χ3n) is 3.11. The summed E-state index contributed by atoms with van der Waals surface area (Å²) in [6.45, 7) is 3.83. The fourth-order valence-corrected chi connectivity index (χ4v) is 2.15. The van der Waals surface area contributed by atoms with Gasteiger partial charge in [-0.15, -0.1) is 0 Å². The largest absolute Gasteiger partial charge is 0.316 e. The van der Waals surface area contributed by atoms with Crippen molar-refractivity contribution in [1.29, 1.82) is 0 Å². The summed E-state index contributed by atoms with van der Waals surface area (Å²) >= 11 is 0. The van der Waals surface area contributed by atoms with Gasteiger partial charge in [0.05, 0.1) is 0 Å². The smallest absolute Gasteiger partial charge is 0.127 e. The quantitative estimate of drug-likeness (QED) is 0.813. The number of hydrogen-bond donors (Lipinski definition) is 2. The maximum absolute atomic E-state index is 13.3. The average molecular weight is 222 g/mol. The summed E-state index contributed by atoms with van der Waals surface area (Å²) in [7, 11) is 0. The second kappa shape index (κ2) is 5.97. The molecule has 0 aliphatic carbocycles. The minimum Gasteiger partial charge on any atom is -0.316 e. The van der Waals surface area contributed by atoms with Gasteiger partial charge in [0, 0.05) is 12.1 Å². The van der Waals surface area contributed by atoms with Crippen LogP contribution in [0.15, 0.2) is 24.3 Å². The highest BCUT2D eigenvalue weighted by molar-refractivity contribution is 5.16. The van der Waals surface area contributed by atoms with Crippen molar-refractivity contribution < 1.29 is 4.39 Å².